The Morgan fingerprint density at radius 1 is 1.03 bits per heavy atom. The molecule has 9 nitrogen and oxygen atoms in total. The highest BCUT2D eigenvalue weighted by Crippen LogP contribution is 2.30. The van der Waals surface area contributed by atoms with Gasteiger partial charge < -0.3 is 19.9 Å². The molecule has 0 saturated carbocycles. The number of carbonyl (C=O) groups is 4. The first-order valence-electron chi connectivity index (χ1n) is 12.7. The summed E-state index contributed by atoms with van der Waals surface area (Å²) in [5.74, 6) is -1.82. The van der Waals surface area contributed by atoms with Crippen molar-refractivity contribution in [2.75, 3.05) is 44.0 Å². The maximum atomic E-state index is 13.1. The Labute approximate surface area is 227 Å². The van der Waals surface area contributed by atoms with Gasteiger partial charge in [0, 0.05) is 37.2 Å². The Kier molecular flexibility index (Phi) is 8.48. The van der Waals surface area contributed by atoms with Crippen molar-refractivity contribution in [3.05, 3.63) is 70.4 Å². The molecule has 0 aromatic heterocycles. The number of amides is 3. The summed E-state index contributed by atoms with van der Waals surface area (Å²) in [7, 11) is 4.00. The molecular weight excluding hydrogens is 508 g/mol. The first-order valence-corrected chi connectivity index (χ1v) is 13.1. The van der Waals surface area contributed by atoms with Crippen LogP contribution in [0.15, 0.2) is 59.3 Å². The standard InChI is InChI=1S/C28H31ClN4O5/c1-4-17-38-28(37)19-7-11-22(12-8-19)33-26(35)23(29)24(27(33)36)30-20-9-5-18(6-10-20)25(34)32(3)21-13-15-31(2)16-14-21/h5-12,21,30H,4,13-17H2,1-3H3/p+1. The molecule has 0 unspecified atom stereocenters. The van der Waals surface area contributed by atoms with Gasteiger partial charge in [0.15, 0.2) is 0 Å². The normalized spacial score (nSPS) is 19.5. The third-order valence-electron chi connectivity index (χ3n) is 6.90. The summed E-state index contributed by atoms with van der Waals surface area (Å²) in [4.78, 5) is 55.1. The number of nitrogens with zero attached hydrogens (tertiary/aromatic N) is 2. The van der Waals surface area contributed by atoms with Crippen molar-refractivity contribution >= 4 is 46.7 Å². The Morgan fingerprint density at radius 2 is 1.63 bits per heavy atom. The van der Waals surface area contributed by atoms with Crippen LogP contribution in [0.5, 0.6) is 0 Å². The highest BCUT2D eigenvalue weighted by molar-refractivity contribution is 6.53. The summed E-state index contributed by atoms with van der Waals surface area (Å²) in [6.07, 6.45) is 2.65. The Morgan fingerprint density at radius 3 is 2.24 bits per heavy atom. The Hall–Kier alpha value is -3.69. The predicted molar refractivity (Wildman–Crippen MR) is 144 cm³/mol. The summed E-state index contributed by atoms with van der Waals surface area (Å²) >= 11 is 6.25. The number of nitrogens with one attached hydrogen (secondary N) is 2. The van der Waals surface area contributed by atoms with Crippen LogP contribution in [0.25, 0.3) is 0 Å². The van der Waals surface area contributed by atoms with Crippen LogP contribution in [0, 0.1) is 0 Å². The van der Waals surface area contributed by atoms with E-state index in [0.29, 0.717) is 29.8 Å². The molecule has 0 aliphatic carbocycles. The zero-order valence-electron chi connectivity index (χ0n) is 21.8. The van der Waals surface area contributed by atoms with Gasteiger partial charge in [-0.15, -0.1) is 0 Å². The van der Waals surface area contributed by atoms with Gasteiger partial charge in [0.25, 0.3) is 17.7 Å². The zero-order chi connectivity index (χ0) is 27.4. The SMILES string of the molecule is CCCOC(=O)c1ccc(N2C(=O)C(Cl)=C(Nc3ccc(C(=O)N(C)C4CC[NH+](C)CC4)cc3)C2=O)cc1. The van der Waals surface area contributed by atoms with Crippen molar-refractivity contribution < 1.29 is 28.8 Å². The second kappa shape index (κ2) is 11.8. The van der Waals surface area contributed by atoms with Crippen molar-refractivity contribution in [2.24, 2.45) is 0 Å². The monoisotopic (exact) mass is 539 g/mol. The number of benzene rings is 2. The van der Waals surface area contributed by atoms with Gasteiger partial charge in [-0.1, -0.05) is 18.5 Å². The number of halogens is 1. The molecule has 1 fully saturated rings. The summed E-state index contributed by atoms with van der Waals surface area (Å²) in [6, 6.07) is 12.9. The number of ether oxygens (including phenoxy) is 1. The van der Waals surface area contributed by atoms with E-state index >= 15 is 0 Å². The Bertz CT molecular complexity index is 1250. The van der Waals surface area contributed by atoms with Gasteiger partial charge in [0.2, 0.25) is 0 Å². The van der Waals surface area contributed by atoms with E-state index in [2.05, 4.69) is 12.4 Å². The van der Waals surface area contributed by atoms with Crippen LogP contribution >= 0.6 is 11.6 Å². The number of piperidine rings is 1. The van der Waals surface area contributed by atoms with Crippen LogP contribution in [0.4, 0.5) is 11.4 Å². The molecule has 2 aliphatic rings. The third kappa shape index (κ3) is 5.74. The minimum absolute atomic E-state index is 0.0568. The maximum Gasteiger partial charge on any atom is 0.338 e. The molecule has 2 N–H and O–H groups in total. The van der Waals surface area contributed by atoms with Crippen molar-refractivity contribution in [1.29, 1.82) is 0 Å². The van der Waals surface area contributed by atoms with Crippen LogP contribution in [0.2, 0.25) is 0 Å². The van der Waals surface area contributed by atoms with Crippen LogP contribution in [0.1, 0.15) is 46.9 Å². The van der Waals surface area contributed by atoms with Crippen molar-refractivity contribution in [3.63, 3.8) is 0 Å². The molecule has 0 bridgehead atoms. The highest BCUT2D eigenvalue weighted by atomic mass is 35.5. The number of carbonyl (C=O) groups excluding carboxylic acids is 4. The molecule has 1 saturated heterocycles. The molecule has 2 heterocycles. The molecule has 2 aromatic carbocycles. The van der Waals surface area contributed by atoms with E-state index in [1.54, 1.807) is 29.2 Å². The number of esters is 1. The number of likely N-dealkylation sites (tertiary alicyclic amines) is 1. The van der Waals surface area contributed by atoms with E-state index < -0.39 is 17.8 Å². The number of hydrogen-bond acceptors (Lipinski definition) is 6. The van der Waals surface area contributed by atoms with Gasteiger partial charge in [0.1, 0.15) is 10.7 Å². The number of quaternary nitrogens is 1. The van der Waals surface area contributed by atoms with Crippen molar-refractivity contribution in [1.82, 2.24) is 4.90 Å². The minimum Gasteiger partial charge on any atom is -0.462 e. The topological polar surface area (TPSA) is 100 Å². The lowest BCUT2D eigenvalue weighted by atomic mass is 10.0. The molecule has 0 radical (unpaired) electrons. The fraction of sp³-hybridized carbons (Fsp3) is 0.357. The number of imide groups is 1. The van der Waals surface area contributed by atoms with Gasteiger partial charge in [-0.2, -0.15) is 0 Å². The average molecular weight is 540 g/mol. The van der Waals surface area contributed by atoms with E-state index in [9.17, 15) is 19.2 Å². The quantitative estimate of drug-likeness (QED) is 0.395. The van der Waals surface area contributed by atoms with Crippen LogP contribution in [0.3, 0.4) is 0 Å². The van der Waals surface area contributed by atoms with E-state index in [4.69, 9.17) is 16.3 Å². The maximum absolute atomic E-state index is 13.1. The molecule has 3 amide bonds. The van der Waals surface area contributed by atoms with Crippen LogP contribution in [-0.4, -0.2) is 68.4 Å². The van der Waals surface area contributed by atoms with Gasteiger partial charge >= 0.3 is 5.97 Å². The Balaban J connectivity index is 1.42. The summed E-state index contributed by atoms with van der Waals surface area (Å²) < 4.78 is 5.11. The smallest absolute Gasteiger partial charge is 0.338 e. The van der Waals surface area contributed by atoms with Gasteiger partial charge in [-0.3, -0.25) is 14.4 Å². The predicted octanol–water partition coefficient (Wildman–Crippen LogP) is 2.44. The van der Waals surface area contributed by atoms with E-state index in [1.165, 1.54) is 29.2 Å². The molecule has 200 valence electrons. The van der Waals surface area contributed by atoms with Gasteiger partial charge in [-0.25, -0.2) is 9.69 Å². The third-order valence-corrected chi connectivity index (χ3v) is 7.25. The van der Waals surface area contributed by atoms with E-state index in [0.717, 1.165) is 30.8 Å². The van der Waals surface area contributed by atoms with Gasteiger partial charge in [0.05, 0.1) is 38.0 Å². The minimum atomic E-state index is -0.672. The van der Waals surface area contributed by atoms with Crippen LogP contribution in [-0.2, 0) is 14.3 Å². The molecule has 0 spiro atoms. The number of hydrogen-bond donors (Lipinski definition) is 2. The number of anilines is 2. The molecular formula is C28H32ClN4O5+. The molecule has 0 atom stereocenters. The lowest BCUT2D eigenvalue weighted by molar-refractivity contribution is -0.885. The fourth-order valence-corrected chi connectivity index (χ4v) is 4.78. The second-order valence-electron chi connectivity index (χ2n) is 9.62. The molecule has 10 heteroatoms. The average Bonchev–Trinajstić information content (AvgIpc) is 3.14. The fourth-order valence-electron chi connectivity index (χ4n) is 4.56. The van der Waals surface area contributed by atoms with Crippen LogP contribution < -0.4 is 15.1 Å². The largest absolute Gasteiger partial charge is 0.462 e. The van der Waals surface area contributed by atoms with Crippen molar-refractivity contribution in [2.45, 2.75) is 32.2 Å². The summed E-state index contributed by atoms with van der Waals surface area (Å²) in [6.45, 7) is 4.29. The molecule has 4 rings (SSSR count). The molecule has 2 aliphatic heterocycles. The van der Waals surface area contributed by atoms with Gasteiger partial charge in [-0.05, 0) is 55.0 Å². The van der Waals surface area contributed by atoms with E-state index in [1.807, 2.05) is 14.0 Å². The highest BCUT2D eigenvalue weighted by Gasteiger charge is 2.39. The lowest BCUT2D eigenvalue weighted by Crippen LogP contribution is -3.10. The molecule has 38 heavy (non-hydrogen) atoms. The van der Waals surface area contributed by atoms with Crippen molar-refractivity contribution in [3.8, 4) is 0 Å². The first kappa shape index (κ1) is 27.3. The first-order chi connectivity index (χ1) is 18.2. The second-order valence-corrected chi connectivity index (χ2v) is 10.0. The summed E-state index contributed by atoms with van der Waals surface area (Å²) in [5.41, 5.74) is 1.58. The lowest BCUT2D eigenvalue weighted by Gasteiger charge is -2.33. The zero-order valence-corrected chi connectivity index (χ0v) is 22.5. The molecule has 2 aromatic rings. The van der Waals surface area contributed by atoms with E-state index in [-0.39, 0.29) is 28.4 Å². The number of rotatable bonds is 8. The summed E-state index contributed by atoms with van der Waals surface area (Å²) in [5, 5.41) is 2.68.